The first kappa shape index (κ1) is 19.9. The molecule has 0 unspecified atom stereocenters. The SMILES string of the molecule is O=C(O)CN(CC1CC1)C1CC(NC(=O)CCCc2ccc3ccccc3c2)C1. The smallest absolute Gasteiger partial charge is 0.317 e. The Morgan fingerprint density at radius 2 is 1.83 bits per heavy atom. The number of carboxylic acids is 1. The molecule has 2 fully saturated rings. The number of carbonyl (C=O) groups is 2. The number of rotatable bonds is 10. The third kappa shape index (κ3) is 5.57. The minimum absolute atomic E-state index is 0.112. The summed E-state index contributed by atoms with van der Waals surface area (Å²) in [6, 6.07) is 15.3. The topological polar surface area (TPSA) is 69.6 Å². The van der Waals surface area contributed by atoms with Crippen LogP contribution in [0.1, 0.15) is 44.1 Å². The molecule has 0 aromatic heterocycles. The lowest BCUT2D eigenvalue weighted by molar-refractivity contribution is -0.140. The number of benzene rings is 2. The maximum Gasteiger partial charge on any atom is 0.317 e. The van der Waals surface area contributed by atoms with Gasteiger partial charge in [0.1, 0.15) is 0 Å². The molecule has 2 aromatic rings. The fraction of sp³-hybridized carbons (Fsp3) is 0.500. The van der Waals surface area contributed by atoms with Crippen molar-refractivity contribution in [3.8, 4) is 0 Å². The van der Waals surface area contributed by atoms with Gasteiger partial charge in [-0.2, -0.15) is 0 Å². The zero-order valence-corrected chi connectivity index (χ0v) is 16.8. The van der Waals surface area contributed by atoms with E-state index in [1.54, 1.807) is 0 Å². The second-order valence-corrected chi connectivity index (χ2v) is 8.69. The van der Waals surface area contributed by atoms with Gasteiger partial charge in [0, 0.05) is 25.0 Å². The van der Waals surface area contributed by atoms with E-state index in [2.05, 4.69) is 40.5 Å². The molecule has 0 saturated heterocycles. The fourth-order valence-electron chi connectivity index (χ4n) is 4.30. The second-order valence-electron chi connectivity index (χ2n) is 8.69. The Bertz CT molecular complexity index is 871. The van der Waals surface area contributed by atoms with Gasteiger partial charge in [-0.1, -0.05) is 42.5 Å². The van der Waals surface area contributed by atoms with E-state index in [0.29, 0.717) is 18.4 Å². The second kappa shape index (κ2) is 8.95. The summed E-state index contributed by atoms with van der Waals surface area (Å²) < 4.78 is 0. The van der Waals surface area contributed by atoms with Gasteiger partial charge < -0.3 is 10.4 Å². The van der Waals surface area contributed by atoms with Crippen molar-refractivity contribution >= 4 is 22.6 Å². The van der Waals surface area contributed by atoms with Gasteiger partial charge in [0.2, 0.25) is 5.91 Å². The first-order chi connectivity index (χ1) is 14.1. The van der Waals surface area contributed by atoms with Gasteiger partial charge in [-0.25, -0.2) is 0 Å². The quantitative estimate of drug-likeness (QED) is 0.646. The predicted molar refractivity (Wildman–Crippen MR) is 114 cm³/mol. The van der Waals surface area contributed by atoms with E-state index in [9.17, 15) is 9.59 Å². The molecule has 2 aliphatic carbocycles. The van der Waals surface area contributed by atoms with Crippen molar-refractivity contribution < 1.29 is 14.7 Å². The molecule has 5 heteroatoms. The van der Waals surface area contributed by atoms with Gasteiger partial charge in [-0.3, -0.25) is 14.5 Å². The normalized spacial score (nSPS) is 21.1. The number of carboxylic acid groups (broad SMARTS) is 1. The highest BCUT2D eigenvalue weighted by Gasteiger charge is 2.37. The van der Waals surface area contributed by atoms with Crippen LogP contribution in [0.25, 0.3) is 10.8 Å². The third-order valence-electron chi connectivity index (χ3n) is 6.21. The van der Waals surface area contributed by atoms with Crippen LogP contribution in [0.2, 0.25) is 0 Å². The van der Waals surface area contributed by atoms with Crippen molar-refractivity contribution in [1.82, 2.24) is 10.2 Å². The lowest BCUT2D eigenvalue weighted by Crippen LogP contribution is -2.55. The molecule has 0 bridgehead atoms. The van der Waals surface area contributed by atoms with Crippen molar-refractivity contribution in [3.05, 3.63) is 48.0 Å². The number of nitrogens with one attached hydrogen (secondary N) is 1. The molecule has 2 N–H and O–H groups in total. The number of carbonyl (C=O) groups excluding carboxylic acids is 1. The number of fused-ring (bicyclic) bond motifs is 1. The van der Waals surface area contributed by atoms with Crippen LogP contribution in [-0.4, -0.2) is 47.1 Å². The molecular weight excluding hydrogens is 364 g/mol. The van der Waals surface area contributed by atoms with E-state index >= 15 is 0 Å². The summed E-state index contributed by atoms with van der Waals surface area (Å²) >= 11 is 0. The van der Waals surface area contributed by atoms with Crippen LogP contribution in [-0.2, 0) is 16.0 Å². The zero-order chi connectivity index (χ0) is 20.2. The van der Waals surface area contributed by atoms with Gasteiger partial charge >= 0.3 is 5.97 Å². The summed E-state index contributed by atoms with van der Waals surface area (Å²) in [5, 5.41) is 14.7. The molecule has 4 rings (SSSR count). The van der Waals surface area contributed by atoms with Crippen LogP contribution < -0.4 is 5.32 Å². The van der Waals surface area contributed by atoms with E-state index in [1.807, 2.05) is 12.1 Å². The van der Waals surface area contributed by atoms with Crippen molar-refractivity contribution in [2.75, 3.05) is 13.1 Å². The van der Waals surface area contributed by atoms with Crippen molar-refractivity contribution in [1.29, 1.82) is 0 Å². The van der Waals surface area contributed by atoms with Crippen molar-refractivity contribution in [2.45, 2.75) is 57.0 Å². The minimum atomic E-state index is -0.758. The third-order valence-corrected chi connectivity index (χ3v) is 6.21. The lowest BCUT2D eigenvalue weighted by atomic mass is 9.85. The number of nitrogens with zero attached hydrogens (tertiary/aromatic N) is 1. The first-order valence-electron chi connectivity index (χ1n) is 10.8. The Morgan fingerprint density at radius 1 is 1.07 bits per heavy atom. The average Bonchev–Trinajstić information content (AvgIpc) is 3.47. The van der Waals surface area contributed by atoms with Gasteiger partial charge in [0.25, 0.3) is 0 Å². The molecule has 1 amide bonds. The summed E-state index contributed by atoms with van der Waals surface area (Å²) in [7, 11) is 0. The summed E-state index contributed by atoms with van der Waals surface area (Å²) in [6.45, 7) is 1.01. The molecule has 2 aromatic carbocycles. The van der Waals surface area contributed by atoms with Crippen molar-refractivity contribution in [3.63, 3.8) is 0 Å². The van der Waals surface area contributed by atoms with Gasteiger partial charge in [0.05, 0.1) is 6.54 Å². The van der Waals surface area contributed by atoms with E-state index in [0.717, 1.165) is 32.2 Å². The fourth-order valence-corrected chi connectivity index (χ4v) is 4.30. The Hall–Kier alpha value is -2.40. The number of aryl methyl sites for hydroxylation is 1. The standard InChI is InChI=1S/C24H30N2O3/c27-23(7-3-4-17-10-11-19-5-1-2-6-20(19)12-17)25-21-13-22(14-21)26(16-24(28)29)15-18-8-9-18/h1-2,5-6,10-12,18,21-22H,3-4,7-9,13-16H2,(H,25,27)(H,28,29). The highest BCUT2D eigenvalue weighted by Crippen LogP contribution is 2.33. The molecule has 0 spiro atoms. The van der Waals surface area contributed by atoms with Crippen molar-refractivity contribution in [2.24, 2.45) is 5.92 Å². The van der Waals surface area contributed by atoms with E-state index < -0.39 is 5.97 Å². The van der Waals surface area contributed by atoms with Crippen LogP contribution in [0, 0.1) is 5.92 Å². The molecule has 0 heterocycles. The molecule has 2 saturated carbocycles. The van der Waals surface area contributed by atoms with Gasteiger partial charge in [0.15, 0.2) is 0 Å². The lowest BCUT2D eigenvalue weighted by Gasteiger charge is -2.42. The molecule has 5 nitrogen and oxygen atoms in total. The molecule has 29 heavy (non-hydrogen) atoms. The molecule has 0 atom stereocenters. The number of hydrogen-bond donors (Lipinski definition) is 2. The molecule has 154 valence electrons. The molecule has 2 aliphatic rings. The summed E-state index contributed by atoms with van der Waals surface area (Å²) in [5.74, 6) is 0.0335. The minimum Gasteiger partial charge on any atom is -0.480 e. The largest absolute Gasteiger partial charge is 0.480 e. The van der Waals surface area contributed by atoms with E-state index in [-0.39, 0.29) is 18.5 Å². The van der Waals surface area contributed by atoms with Crippen LogP contribution >= 0.6 is 0 Å². The summed E-state index contributed by atoms with van der Waals surface area (Å²) in [6.07, 6.45) is 6.47. The van der Waals surface area contributed by atoms with Crippen LogP contribution in [0.4, 0.5) is 0 Å². The van der Waals surface area contributed by atoms with Gasteiger partial charge in [-0.05, 0) is 60.8 Å². The summed E-state index contributed by atoms with van der Waals surface area (Å²) in [4.78, 5) is 25.5. The monoisotopic (exact) mass is 394 g/mol. The van der Waals surface area contributed by atoms with E-state index in [4.69, 9.17) is 5.11 Å². The molecule has 0 aliphatic heterocycles. The Labute approximate surface area is 172 Å². The predicted octanol–water partition coefficient (Wildman–Crippen LogP) is 3.61. The highest BCUT2D eigenvalue weighted by atomic mass is 16.4. The number of aliphatic carboxylic acids is 1. The highest BCUT2D eigenvalue weighted by molar-refractivity contribution is 5.83. The van der Waals surface area contributed by atoms with Crippen LogP contribution in [0.3, 0.4) is 0 Å². The maximum atomic E-state index is 12.3. The molecule has 0 radical (unpaired) electrons. The zero-order valence-electron chi connectivity index (χ0n) is 16.8. The van der Waals surface area contributed by atoms with Crippen LogP contribution in [0.5, 0.6) is 0 Å². The maximum absolute atomic E-state index is 12.3. The Balaban J connectivity index is 1.17. The van der Waals surface area contributed by atoms with Gasteiger partial charge in [-0.15, -0.1) is 0 Å². The van der Waals surface area contributed by atoms with Crippen LogP contribution in [0.15, 0.2) is 42.5 Å². The Morgan fingerprint density at radius 3 is 2.55 bits per heavy atom. The number of hydrogen-bond acceptors (Lipinski definition) is 3. The van der Waals surface area contributed by atoms with E-state index in [1.165, 1.54) is 29.2 Å². The summed E-state index contributed by atoms with van der Waals surface area (Å²) in [5.41, 5.74) is 1.27. The molecular formula is C24H30N2O3. The first-order valence-corrected chi connectivity index (χ1v) is 10.8. The average molecular weight is 395 g/mol. The number of amides is 1. The Kier molecular flexibility index (Phi) is 6.14.